The van der Waals surface area contributed by atoms with Crippen molar-refractivity contribution in [2.75, 3.05) is 0 Å². The molecule has 1 amide bonds. The molecule has 4 heteroatoms. The summed E-state index contributed by atoms with van der Waals surface area (Å²) < 4.78 is 14.2. The van der Waals surface area contributed by atoms with Crippen LogP contribution < -0.4 is 5.73 Å². The van der Waals surface area contributed by atoms with E-state index in [1.165, 1.54) is 12.1 Å². The molecule has 0 saturated heterocycles. The quantitative estimate of drug-likeness (QED) is 0.777. The Morgan fingerprint density at radius 2 is 1.78 bits per heavy atom. The van der Waals surface area contributed by atoms with E-state index in [1.807, 2.05) is 60.7 Å². The molecule has 2 bridgehead atoms. The number of benzene rings is 3. The van der Waals surface area contributed by atoms with E-state index in [9.17, 15) is 9.18 Å². The summed E-state index contributed by atoms with van der Waals surface area (Å²) in [6.45, 7) is 0.569. The number of hydrogen-bond acceptors (Lipinski definition) is 2. The first-order chi connectivity index (χ1) is 13.1. The molecule has 0 radical (unpaired) electrons. The second-order valence-corrected chi connectivity index (χ2v) is 7.30. The molecule has 134 valence electrons. The first-order valence-corrected chi connectivity index (χ1v) is 9.11. The highest BCUT2D eigenvalue weighted by Gasteiger charge is 2.58. The molecule has 3 nitrogen and oxygen atoms in total. The van der Waals surface area contributed by atoms with Gasteiger partial charge in [0.05, 0.1) is 0 Å². The summed E-state index contributed by atoms with van der Waals surface area (Å²) >= 11 is 0. The molecule has 0 spiro atoms. The van der Waals surface area contributed by atoms with Crippen molar-refractivity contribution in [1.82, 2.24) is 4.90 Å². The van der Waals surface area contributed by atoms with E-state index in [1.54, 1.807) is 0 Å². The molecule has 3 aromatic rings. The van der Waals surface area contributed by atoms with Crippen molar-refractivity contribution in [2.45, 2.75) is 24.5 Å². The van der Waals surface area contributed by atoms with Gasteiger partial charge in [-0.3, -0.25) is 9.69 Å². The van der Waals surface area contributed by atoms with Crippen molar-refractivity contribution in [3.8, 4) is 0 Å². The number of amides is 1. The lowest BCUT2D eigenvalue weighted by molar-refractivity contribution is -0.130. The fourth-order valence-corrected chi connectivity index (χ4v) is 4.88. The Morgan fingerprint density at radius 1 is 1.04 bits per heavy atom. The number of hydrogen-bond donors (Lipinski definition) is 1. The molecule has 2 atom stereocenters. The zero-order valence-electron chi connectivity index (χ0n) is 14.7. The number of rotatable bonds is 3. The Bertz CT molecular complexity index is 1050. The number of primary amides is 1. The molecule has 5 rings (SSSR count). The van der Waals surface area contributed by atoms with Gasteiger partial charge in [0.25, 0.3) is 0 Å². The van der Waals surface area contributed by atoms with E-state index < -0.39 is 11.4 Å². The number of fused-ring (bicyclic) bond motifs is 7. The molecule has 2 heterocycles. The van der Waals surface area contributed by atoms with Crippen molar-refractivity contribution in [3.05, 3.63) is 106 Å². The van der Waals surface area contributed by atoms with Crippen LogP contribution in [0.5, 0.6) is 0 Å². The molecule has 0 aliphatic carbocycles. The minimum absolute atomic E-state index is 0.0109. The van der Waals surface area contributed by atoms with Gasteiger partial charge >= 0.3 is 0 Å². The number of carbonyl (C=O) groups excluding carboxylic acids is 1. The number of nitrogens with two attached hydrogens (primary N) is 1. The van der Waals surface area contributed by atoms with Crippen molar-refractivity contribution in [3.63, 3.8) is 0 Å². The van der Waals surface area contributed by atoms with Gasteiger partial charge in [0.2, 0.25) is 5.91 Å². The lowest BCUT2D eigenvalue weighted by Crippen LogP contribution is -2.55. The van der Waals surface area contributed by atoms with E-state index >= 15 is 0 Å². The standard InChI is InChI=1S/C23H19FN2O/c24-17-10-11-18-20(13-17)23(22(25)27)19-9-5-4-8-16(19)12-21(18)26(23)14-15-6-2-1-3-7-15/h1-11,13,21H,12,14H2,(H2,25,27). The number of carbonyl (C=O) groups is 1. The van der Waals surface area contributed by atoms with Crippen molar-refractivity contribution < 1.29 is 9.18 Å². The lowest BCUT2D eigenvalue weighted by Gasteiger charge is -2.44. The Hall–Kier alpha value is -2.98. The van der Waals surface area contributed by atoms with E-state index in [4.69, 9.17) is 5.73 Å². The summed E-state index contributed by atoms with van der Waals surface area (Å²) in [4.78, 5) is 15.2. The average molecular weight is 358 g/mol. The van der Waals surface area contributed by atoms with Crippen LogP contribution >= 0.6 is 0 Å². The van der Waals surface area contributed by atoms with Crippen LogP contribution in [-0.2, 0) is 23.3 Å². The number of nitrogens with zero attached hydrogens (tertiary/aromatic N) is 1. The highest BCUT2D eigenvalue weighted by molar-refractivity contribution is 5.93. The fraction of sp³-hybridized carbons (Fsp3) is 0.174. The zero-order chi connectivity index (χ0) is 18.6. The van der Waals surface area contributed by atoms with Gasteiger partial charge in [0.1, 0.15) is 5.82 Å². The highest BCUT2D eigenvalue weighted by Crippen LogP contribution is 2.56. The molecule has 3 aromatic carbocycles. The Morgan fingerprint density at radius 3 is 2.56 bits per heavy atom. The minimum Gasteiger partial charge on any atom is -0.367 e. The van der Waals surface area contributed by atoms with Gasteiger partial charge in [-0.1, -0.05) is 60.7 Å². The molecule has 27 heavy (non-hydrogen) atoms. The van der Waals surface area contributed by atoms with Crippen LogP contribution in [0.4, 0.5) is 4.39 Å². The van der Waals surface area contributed by atoms with E-state index in [0.717, 1.165) is 28.7 Å². The summed E-state index contributed by atoms with van der Waals surface area (Å²) in [7, 11) is 0. The van der Waals surface area contributed by atoms with Gasteiger partial charge in [0.15, 0.2) is 5.54 Å². The van der Waals surface area contributed by atoms with Crippen LogP contribution in [0.1, 0.15) is 33.9 Å². The van der Waals surface area contributed by atoms with Crippen LogP contribution in [0.25, 0.3) is 0 Å². The van der Waals surface area contributed by atoms with Gasteiger partial charge in [-0.05, 0) is 46.4 Å². The summed E-state index contributed by atoms with van der Waals surface area (Å²) in [6.07, 6.45) is 0.774. The van der Waals surface area contributed by atoms with Crippen molar-refractivity contribution in [2.24, 2.45) is 5.73 Å². The van der Waals surface area contributed by atoms with Gasteiger partial charge in [-0.2, -0.15) is 0 Å². The molecule has 0 fully saturated rings. The average Bonchev–Trinajstić information content (AvgIpc) is 2.85. The molecule has 2 N–H and O–H groups in total. The topological polar surface area (TPSA) is 46.3 Å². The third-order valence-corrected chi connectivity index (χ3v) is 5.94. The Labute approximate surface area is 157 Å². The van der Waals surface area contributed by atoms with Crippen LogP contribution in [0.2, 0.25) is 0 Å². The molecule has 2 aliphatic heterocycles. The highest BCUT2D eigenvalue weighted by atomic mass is 19.1. The third-order valence-electron chi connectivity index (χ3n) is 5.94. The first-order valence-electron chi connectivity index (χ1n) is 9.11. The molecular formula is C23H19FN2O. The van der Waals surface area contributed by atoms with E-state index in [-0.39, 0.29) is 11.9 Å². The largest absolute Gasteiger partial charge is 0.367 e. The summed E-state index contributed by atoms with van der Waals surface area (Å²) in [5.74, 6) is -0.806. The maximum absolute atomic E-state index is 14.2. The second kappa shape index (κ2) is 5.76. The predicted molar refractivity (Wildman–Crippen MR) is 101 cm³/mol. The Balaban J connectivity index is 1.79. The molecule has 2 unspecified atom stereocenters. The summed E-state index contributed by atoms with van der Waals surface area (Å²) in [5.41, 5.74) is 9.65. The zero-order valence-corrected chi connectivity index (χ0v) is 14.7. The van der Waals surface area contributed by atoms with Gasteiger partial charge in [-0.15, -0.1) is 0 Å². The third kappa shape index (κ3) is 2.14. The van der Waals surface area contributed by atoms with Crippen LogP contribution in [0.3, 0.4) is 0 Å². The summed E-state index contributed by atoms with van der Waals surface area (Å²) in [6, 6.07) is 22.7. The smallest absolute Gasteiger partial charge is 0.247 e. The maximum Gasteiger partial charge on any atom is 0.247 e. The molecule has 2 aliphatic rings. The van der Waals surface area contributed by atoms with Gasteiger partial charge in [0, 0.05) is 12.6 Å². The lowest BCUT2D eigenvalue weighted by atomic mass is 9.78. The molecular weight excluding hydrogens is 339 g/mol. The van der Waals surface area contributed by atoms with E-state index in [0.29, 0.717) is 12.1 Å². The van der Waals surface area contributed by atoms with Crippen molar-refractivity contribution in [1.29, 1.82) is 0 Å². The van der Waals surface area contributed by atoms with Gasteiger partial charge < -0.3 is 5.73 Å². The maximum atomic E-state index is 14.2. The first kappa shape index (κ1) is 16.2. The second-order valence-electron chi connectivity index (χ2n) is 7.30. The van der Waals surface area contributed by atoms with Crippen LogP contribution in [-0.4, -0.2) is 10.8 Å². The SMILES string of the molecule is NC(=O)C12c3ccccc3CC(c3ccc(F)cc31)N2Cc1ccccc1. The summed E-state index contributed by atoms with van der Waals surface area (Å²) in [5, 5.41) is 0. The number of halogens is 1. The van der Waals surface area contributed by atoms with Gasteiger partial charge in [-0.25, -0.2) is 4.39 Å². The minimum atomic E-state index is -1.15. The molecule has 0 saturated carbocycles. The Kier molecular flexibility index (Phi) is 3.46. The normalized spacial score (nSPS) is 22.9. The molecule has 0 aromatic heterocycles. The van der Waals surface area contributed by atoms with Crippen LogP contribution in [0, 0.1) is 5.82 Å². The van der Waals surface area contributed by atoms with E-state index in [2.05, 4.69) is 4.90 Å². The predicted octanol–water partition coefficient (Wildman–Crippen LogP) is 3.67. The monoisotopic (exact) mass is 358 g/mol. The van der Waals surface area contributed by atoms with Crippen molar-refractivity contribution >= 4 is 5.91 Å². The fourth-order valence-electron chi connectivity index (χ4n) is 4.88. The van der Waals surface area contributed by atoms with Crippen LogP contribution in [0.15, 0.2) is 72.8 Å².